The first kappa shape index (κ1) is 13.7. The molecule has 108 valence electrons. The van der Waals surface area contributed by atoms with Crippen LogP contribution < -0.4 is 11.1 Å². The molecule has 1 aromatic carbocycles. The lowest BCUT2D eigenvalue weighted by Crippen LogP contribution is -2.27. The lowest BCUT2D eigenvalue weighted by atomic mass is 10.2. The Labute approximate surface area is 126 Å². The van der Waals surface area contributed by atoms with Crippen molar-refractivity contribution in [2.75, 3.05) is 5.73 Å². The number of hydrogen-bond acceptors (Lipinski definition) is 4. The largest absolute Gasteiger partial charge is 0.451 e. The molecule has 0 bridgehead atoms. The van der Waals surface area contributed by atoms with Gasteiger partial charge in [0.1, 0.15) is 5.58 Å². The van der Waals surface area contributed by atoms with Gasteiger partial charge in [-0.3, -0.25) is 4.79 Å². The number of nitrogens with one attached hydrogen (secondary N) is 1. The van der Waals surface area contributed by atoms with Crippen molar-refractivity contribution in [3.63, 3.8) is 0 Å². The number of benzene rings is 1. The van der Waals surface area contributed by atoms with Crippen LogP contribution in [0.4, 0.5) is 5.69 Å². The van der Waals surface area contributed by atoms with Crippen molar-refractivity contribution in [2.45, 2.75) is 19.4 Å². The Morgan fingerprint density at radius 2 is 2.24 bits per heavy atom. The van der Waals surface area contributed by atoms with Gasteiger partial charge in [-0.25, -0.2) is 0 Å². The highest BCUT2D eigenvalue weighted by molar-refractivity contribution is 7.10. The quantitative estimate of drug-likeness (QED) is 0.717. The Bertz CT molecular complexity index is 762. The molecular weight excluding hydrogens is 284 g/mol. The molecule has 0 fully saturated rings. The van der Waals surface area contributed by atoms with Gasteiger partial charge < -0.3 is 15.5 Å². The smallest absolute Gasteiger partial charge is 0.287 e. The second-order valence-corrected chi connectivity index (χ2v) is 5.84. The fourth-order valence-corrected chi connectivity index (χ4v) is 3.13. The van der Waals surface area contributed by atoms with Gasteiger partial charge in [0.2, 0.25) is 0 Å². The molecule has 3 N–H and O–H groups in total. The van der Waals surface area contributed by atoms with E-state index in [4.69, 9.17) is 10.2 Å². The van der Waals surface area contributed by atoms with E-state index < -0.39 is 0 Å². The number of furan rings is 1. The highest BCUT2D eigenvalue weighted by Gasteiger charge is 2.18. The van der Waals surface area contributed by atoms with E-state index in [1.165, 1.54) is 0 Å². The predicted octanol–water partition coefficient (Wildman–Crippen LogP) is 3.96. The number of thiophene rings is 1. The van der Waals surface area contributed by atoms with E-state index in [0.29, 0.717) is 17.0 Å². The SMILES string of the molecule is CCC(NC(=O)c1cc2cc(N)ccc2o1)c1cccs1. The molecule has 0 aliphatic rings. The summed E-state index contributed by atoms with van der Waals surface area (Å²) in [6.45, 7) is 2.05. The normalized spacial score (nSPS) is 12.4. The molecule has 1 amide bonds. The monoisotopic (exact) mass is 300 g/mol. The molecule has 0 saturated carbocycles. The molecule has 1 unspecified atom stereocenters. The number of rotatable bonds is 4. The van der Waals surface area contributed by atoms with Crippen molar-refractivity contribution in [3.8, 4) is 0 Å². The molecule has 21 heavy (non-hydrogen) atoms. The summed E-state index contributed by atoms with van der Waals surface area (Å²) in [5.41, 5.74) is 7.05. The second kappa shape index (κ2) is 5.61. The molecule has 2 aromatic heterocycles. The lowest BCUT2D eigenvalue weighted by Gasteiger charge is -2.14. The molecule has 1 atom stereocenters. The molecule has 0 aliphatic carbocycles. The summed E-state index contributed by atoms with van der Waals surface area (Å²) < 4.78 is 5.58. The molecule has 0 radical (unpaired) electrons. The number of anilines is 1. The van der Waals surface area contributed by atoms with Gasteiger partial charge in [0.25, 0.3) is 5.91 Å². The Morgan fingerprint density at radius 3 is 2.95 bits per heavy atom. The van der Waals surface area contributed by atoms with Crippen molar-refractivity contribution in [1.29, 1.82) is 0 Å². The summed E-state index contributed by atoms with van der Waals surface area (Å²) in [7, 11) is 0. The highest BCUT2D eigenvalue weighted by atomic mass is 32.1. The fourth-order valence-electron chi connectivity index (χ4n) is 2.27. The number of carbonyl (C=O) groups is 1. The lowest BCUT2D eigenvalue weighted by molar-refractivity contribution is 0.0910. The van der Waals surface area contributed by atoms with Crippen LogP contribution in [-0.4, -0.2) is 5.91 Å². The first-order chi connectivity index (χ1) is 10.2. The maximum absolute atomic E-state index is 12.3. The van der Waals surface area contributed by atoms with E-state index in [2.05, 4.69) is 5.32 Å². The third-order valence-electron chi connectivity index (χ3n) is 3.36. The maximum Gasteiger partial charge on any atom is 0.287 e. The van der Waals surface area contributed by atoms with E-state index in [0.717, 1.165) is 16.7 Å². The van der Waals surface area contributed by atoms with Crippen molar-refractivity contribution >= 4 is 33.9 Å². The zero-order valence-corrected chi connectivity index (χ0v) is 12.4. The van der Waals surface area contributed by atoms with Crippen LogP contribution in [-0.2, 0) is 0 Å². The molecule has 3 rings (SSSR count). The highest BCUT2D eigenvalue weighted by Crippen LogP contribution is 2.24. The van der Waals surface area contributed by atoms with Gasteiger partial charge in [-0.05, 0) is 42.1 Å². The molecule has 4 nitrogen and oxygen atoms in total. The number of nitrogens with two attached hydrogens (primary N) is 1. The van der Waals surface area contributed by atoms with Gasteiger partial charge in [0, 0.05) is 16.0 Å². The van der Waals surface area contributed by atoms with Crippen molar-refractivity contribution in [2.24, 2.45) is 0 Å². The van der Waals surface area contributed by atoms with E-state index >= 15 is 0 Å². The van der Waals surface area contributed by atoms with Gasteiger partial charge in [0.15, 0.2) is 5.76 Å². The summed E-state index contributed by atoms with van der Waals surface area (Å²) in [4.78, 5) is 13.5. The Balaban J connectivity index is 1.83. The van der Waals surface area contributed by atoms with Crippen LogP contribution in [0.2, 0.25) is 0 Å². The topological polar surface area (TPSA) is 68.3 Å². The van der Waals surface area contributed by atoms with Crippen LogP contribution in [0, 0.1) is 0 Å². The molecule has 3 aromatic rings. The molecule has 0 aliphatic heterocycles. The maximum atomic E-state index is 12.3. The van der Waals surface area contributed by atoms with Crippen LogP contribution in [0.1, 0.15) is 34.8 Å². The molecule has 0 spiro atoms. The standard InChI is InChI=1S/C16H16N2O2S/c1-2-12(15-4-3-7-21-15)18-16(19)14-9-10-8-11(17)5-6-13(10)20-14/h3-9,12H,2,17H2,1H3,(H,18,19). The summed E-state index contributed by atoms with van der Waals surface area (Å²) in [5.74, 6) is 0.107. The number of amides is 1. The van der Waals surface area contributed by atoms with Crippen molar-refractivity contribution in [3.05, 3.63) is 52.4 Å². The number of carbonyl (C=O) groups excluding carboxylic acids is 1. The van der Waals surface area contributed by atoms with Crippen molar-refractivity contribution in [1.82, 2.24) is 5.32 Å². The van der Waals surface area contributed by atoms with Crippen LogP contribution in [0.5, 0.6) is 0 Å². The number of hydrogen-bond donors (Lipinski definition) is 2. The van der Waals surface area contributed by atoms with E-state index in [-0.39, 0.29) is 11.9 Å². The first-order valence-electron chi connectivity index (χ1n) is 6.80. The van der Waals surface area contributed by atoms with Gasteiger partial charge in [-0.15, -0.1) is 11.3 Å². The van der Waals surface area contributed by atoms with Crippen LogP contribution >= 0.6 is 11.3 Å². The minimum atomic E-state index is -0.204. The Hall–Kier alpha value is -2.27. The Morgan fingerprint density at radius 1 is 1.38 bits per heavy atom. The minimum Gasteiger partial charge on any atom is -0.451 e. The third-order valence-corrected chi connectivity index (χ3v) is 4.35. The van der Waals surface area contributed by atoms with Crippen LogP contribution in [0.25, 0.3) is 11.0 Å². The molecule has 2 heterocycles. The van der Waals surface area contributed by atoms with Gasteiger partial charge in [0.05, 0.1) is 6.04 Å². The van der Waals surface area contributed by atoms with Gasteiger partial charge in [-0.2, -0.15) is 0 Å². The summed E-state index contributed by atoms with van der Waals surface area (Å²) in [6, 6.07) is 11.1. The molecule has 5 heteroatoms. The Kier molecular flexibility index (Phi) is 3.66. The molecule has 0 saturated heterocycles. The minimum absolute atomic E-state index is 0.00998. The van der Waals surface area contributed by atoms with Gasteiger partial charge in [-0.1, -0.05) is 13.0 Å². The first-order valence-corrected chi connectivity index (χ1v) is 7.68. The van der Waals surface area contributed by atoms with Crippen LogP contribution in [0.15, 0.2) is 46.2 Å². The predicted molar refractivity (Wildman–Crippen MR) is 85.4 cm³/mol. The average Bonchev–Trinajstić information content (AvgIpc) is 3.12. The van der Waals surface area contributed by atoms with Gasteiger partial charge >= 0.3 is 0 Å². The van der Waals surface area contributed by atoms with E-state index in [1.807, 2.05) is 24.4 Å². The zero-order chi connectivity index (χ0) is 14.8. The van der Waals surface area contributed by atoms with E-state index in [9.17, 15) is 4.79 Å². The van der Waals surface area contributed by atoms with Crippen LogP contribution in [0.3, 0.4) is 0 Å². The zero-order valence-electron chi connectivity index (χ0n) is 11.6. The third kappa shape index (κ3) is 2.78. The summed E-state index contributed by atoms with van der Waals surface area (Å²) in [5, 5.41) is 5.85. The molecular formula is C16H16N2O2S. The second-order valence-electron chi connectivity index (χ2n) is 4.86. The number of nitrogen functional groups attached to an aromatic ring is 1. The summed E-state index contributed by atoms with van der Waals surface area (Å²) in [6.07, 6.45) is 0.833. The fraction of sp³-hybridized carbons (Fsp3) is 0.188. The summed E-state index contributed by atoms with van der Waals surface area (Å²) >= 11 is 1.64. The average molecular weight is 300 g/mol. The van der Waals surface area contributed by atoms with Crippen molar-refractivity contribution < 1.29 is 9.21 Å². The number of fused-ring (bicyclic) bond motifs is 1. The van der Waals surface area contributed by atoms with E-state index in [1.54, 1.807) is 35.6 Å².